The second-order valence-electron chi connectivity index (χ2n) is 6.23. The number of carbonyl (C=O) groups is 2. The molecule has 0 bridgehead atoms. The van der Waals surface area contributed by atoms with Gasteiger partial charge in [-0.25, -0.2) is 0 Å². The molecule has 0 unspecified atom stereocenters. The van der Waals surface area contributed by atoms with Crippen molar-refractivity contribution in [3.8, 4) is 0 Å². The van der Waals surface area contributed by atoms with Crippen molar-refractivity contribution in [2.45, 2.75) is 18.4 Å². The summed E-state index contributed by atoms with van der Waals surface area (Å²) in [4.78, 5) is 29.8. The molecule has 0 aliphatic heterocycles. The van der Waals surface area contributed by atoms with Gasteiger partial charge in [0.1, 0.15) is 0 Å². The fourth-order valence-corrected chi connectivity index (χ4v) is 3.19. The third-order valence-corrected chi connectivity index (χ3v) is 4.97. The second kappa shape index (κ2) is 9.71. The van der Waals surface area contributed by atoms with E-state index in [1.165, 1.54) is 17.3 Å². The molecule has 2 amide bonds. The molecule has 0 radical (unpaired) electrons. The topological polar surface area (TPSA) is 71.1 Å². The Hall–Kier alpha value is -3.12. The normalized spacial score (nSPS) is 10.3. The number of carbonyl (C=O) groups excluding carboxylic acids is 2. The number of hydrogen-bond donors (Lipinski definition) is 2. The van der Waals surface area contributed by atoms with Gasteiger partial charge in [0.2, 0.25) is 5.91 Å². The number of pyridine rings is 1. The van der Waals surface area contributed by atoms with E-state index in [0.29, 0.717) is 23.5 Å². The van der Waals surface area contributed by atoms with Gasteiger partial charge in [0.15, 0.2) is 0 Å². The molecular formula is C22H21N3O2S. The average Bonchev–Trinajstić information content (AvgIpc) is 2.72. The zero-order valence-electron chi connectivity index (χ0n) is 15.5. The highest BCUT2D eigenvalue weighted by atomic mass is 32.2. The Kier molecular flexibility index (Phi) is 6.81. The summed E-state index contributed by atoms with van der Waals surface area (Å²) in [6.07, 6.45) is 1.69. The summed E-state index contributed by atoms with van der Waals surface area (Å²) in [5.41, 5.74) is 3.06. The Labute approximate surface area is 168 Å². The molecule has 0 aliphatic rings. The molecule has 3 rings (SSSR count). The summed E-state index contributed by atoms with van der Waals surface area (Å²) in [6, 6.07) is 20.5. The first-order chi connectivity index (χ1) is 13.6. The second-order valence-corrected chi connectivity index (χ2v) is 7.28. The van der Waals surface area contributed by atoms with Crippen molar-refractivity contribution in [1.29, 1.82) is 0 Å². The molecule has 2 N–H and O–H groups in total. The number of hydrogen-bond acceptors (Lipinski definition) is 4. The highest BCUT2D eigenvalue weighted by Gasteiger charge is 2.09. The van der Waals surface area contributed by atoms with Gasteiger partial charge < -0.3 is 10.6 Å². The van der Waals surface area contributed by atoms with Crippen LogP contribution in [0.1, 0.15) is 21.6 Å². The number of amides is 2. The summed E-state index contributed by atoms with van der Waals surface area (Å²) >= 11 is 1.47. The average molecular weight is 391 g/mol. The standard InChI is InChI=1S/C22H21N3O2S/c1-16-8-10-20(11-9-16)28-15-21(26)25-18-7-4-5-17(13-18)22(27)24-14-19-6-2-3-12-23-19/h2-13H,14-15H2,1H3,(H,24,27)(H,25,26). The van der Waals surface area contributed by atoms with Crippen molar-refractivity contribution in [2.75, 3.05) is 11.1 Å². The monoisotopic (exact) mass is 391 g/mol. The maximum Gasteiger partial charge on any atom is 0.251 e. The summed E-state index contributed by atoms with van der Waals surface area (Å²) in [5.74, 6) is -0.0218. The zero-order valence-corrected chi connectivity index (χ0v) is 16.3. The van der Waals surface area contributed by atoms with Crippen LogP contribution >= 0.6 is 11.8 Å². The number of nitrogens with zero attached hydrogens (tertiary/aromatic N) is 1. The maximum atomic E-state index is 12.3. The lowest BCUT2D eigenvalue weighted by molar-refractivity contribution is -0.113. The van der Waals surface area contributed by atoms with E-state index in [1.54, 1.807) is 30.5 Å². The summed E-state index contributed by atoms with van der Waals surface area (Å²) < 4.78 is 0. The lowest BCUT2D eigenvalue weighted by Crippen LogP contribution is -2.23. The van der Waals surface area contributed by atoms with Gasteiger partial charge in [-0.1, -0.05) is 29.8 Å². The molecule has 0 saturated carbocycles. The third kappa shape index (κ3) is 5.96. The Balaban J connectivity index is 1.52. The Morgan fingerprint density at radius 2 is 1.82 bits per heavy atom. The molecule has 2 aromatic carbocycles. The van der Waals surface area contributed by atoms with Crippen LogP contribution in [0.25, 0.3) is 0 Å². The summed E-state index contributed by atoms with van der Waals surface area (Å²) in [6.45, 7) is 2.38. The van der Waals surface area contributed by atoms with E-state index in [2.05, 4.69) is 15.6 Å². The lowest BCUT2D eigenvalue weighted by atomic mass is 10.2. The Morgan fingerprint density at radius 1 is 1.00 bits per heavy atom. The van der Waals surface area contributed by atoms with Gasteiger partial charge >= 0.3 is 0 Å². The van der Waals surface area contributed by atoms with Crippen molar-refractivity contribution in [3.63, 3.8) is 0 Å². The molecule has 0 spiro atoms. The van der Waals surface area contributed by atoms with Crippen molar-refractivity contribution >= 4 is 29.3 Å². The van der Waals surface area contributed by atoms with Crippen LogP contribution in [0.2, 0.25) is 0 Å². The van der Waals surface area contributed by atoms with Gasteiger partial charge in [-0.3, -0.25) is 14.6 Å². The minimum atomic E-state index is -0.212. The molecule has 0 saturated heterocycles. The number of benzene rings is 2. The third-order valence-electron chi connectivity index (χ3n) is 3.96. The largest absolute Gasteiger partial charge is 0.346 e. The molecule has 3 aromatic rings. The number of thioether (sulfide) groups is 1. The maximum absolute atomic E-state index is 12.3. The molecule has 5 nitrogen and oxygen atoms in total. The van der Waals surface area contributed by atoms with E-state index in [-0.39, 0.29) is 11.8 Å². The molecule has 0 fully saturated rings. The van der Waals surface area contributed by atoms with Crippen LogP contribution in [0.15, 0.2) is 77.8 Å². The molecule has 142 valence electrons. The van der Waals surface area contributed by atoms with Crippen molar-refractivity contribution < 1.29 is 9.59 Å². The Morgan fingerprint density at radius 3 is 2.57 bits per heavy atom. The molecule has 0 aliphatic carbocycles. The van der Waals surface area contributed by atoms with Crippen molar-refractivity contribution in [3.05, 3.63) is 89.7 Å². The molecular weight excluding hydrogens is 370 g/mol. The first kappa shape index (κ1) is 19.6. The summed E-state index contributed by atoms with van der Waals surface area (Å²) in [7, 11) is 0. The molecule has 1 heterocycles. The molecule has 1 aromatic heterocycles. The fraction of sp³-hybridized carbons (Fsp3) is 0.136. The number of anilines is 1. The minimum Gasteiger partial charge on any atom is -0.346 e. The molecule has 6 heteroatoms. The highest BCUT2D eigenvalue weighted by Crippen LogP contribution is 2.19. The Bertz CT molecular complexity index is 944. The highest BCUT2D eigenvalue weighted by molar-refractivity contribution is 8.00. The van der Waals surface area contributed by atoms with E-state index in [4.69, 9.17) is 0 Å². The molecule has 0 atom stereocenters. The summed E-state index contributed by atoms with van der Waals surface area (Å²) in [5, 5.41) is 5.67. The van der Waals surface area contributed by atoms with E-state index < -0.39 is 0 Å². The number of aromatic nitrogens is 1. The van der Waals surface area contributed by atoms with Crippen LogP contribution in [-0.4, -0.2) is 22.6 Å². The van der Waals surface area contributed by atoms with Gasteiger partial charge in [0.05, 0.1) is 18.0 Å². The van der Waals surface area contributed by atoms with Crippen LogP contribution in [0.5, 0.6) is 0 Å². The van der Waals surface area contributed by atoms with E-state index >= 15 is 0 Å². The lowest BCUT2D eigenvalue weighted by Gasteiger charge is -2.08. The fourth-order valence-electron chi connectivity index (χ4n) is 2.49. The molecule has 28 heavy (non-hydrogen) atoms. The van der Waals surface area contributed by atoms with Gasteiger partial charge in [-0.05, 0) is 49.4 Å². The minimum absolute atomic E-state index is 0.114. The number of rotatable bonds is 7. The first-order valence-electron chi connectivity index (χ1n) is 8.87. The predicted molar refractivity (Wildman–Crippen MR) is 112 cm³/mol. The van der Waals surface area contributed by atoms with Crippen LogP contribution < -0.4 is 10.6 Å². The van der Waals surface area contributed by atoms with Crippen molar-refractivity contribution in [1.82, 2.24) is 10.3 Å². The van der Waals surface area contributed by atoms with Gasteiger partial charge in [0, 0.05) is 22.3 Å². The first-order valence-corrected chi connectivity index (χ1v) is 9.86. The van der Waals surface area contributed by atoms with E-state index in [9.17, 15) is 9.59 Å². The number of nitrogens with one attached hydrogen (secondary N) is 2. The van der Waals surface area contributed by atoms with E-state index in [1.807, 2.05) is 49.4 Å². The van der Waals surface area contributed by atoms with Crippen LogP contribution in [0.4, 0.5) is 5.69 Å². The van der Waals surface area contributed by atoms with Crippen LogP contribution in [0, 0.1) is 6.92 Å². The van der Waals surface area contributed by atoms with Crippen LogP contribution in [0.3, 0.4) is 0 Å². The zero-order chi connectivity index (χ0) is 19.8. The van der Waals surface area contributed by atoms with Gasteiger partial charge in [0.25, 0.3) is 5.91 Å². The van der Waals surface area contributed by atoms with Crippen LogP contribution in [-0.2, 0) is 11.3 Å². The SMILES string of the molecule is Cc1ccc(SCC(=O)Nc2cccc(C(=O)NCc3ccccn3)c2)cc1. The van der Waals surface area contributed by atoms with E-state index in [0.717, 1.165) is 10.6 Å². The number of aryl methyl sites for hydroxylation is 1. The smallest absolute Gasteiger partial charge is 0.251 e. The van der Waals surface area contributed by atoms with Gasteiger partial charge in [-0.15, -0.1) is 11.8 Å². The van der Waals surface area contributed by atoms with Gasteiger partial charge in [-0.2, -0.15) is 0 Å². The van der Waals surface area contributed by atoms with Crippen molar-refractivity contribution in [2.24, 2.45) is 0 Å². The quantitative estimate of drug-likeness (QED) is 0.596. The predicted octanol–water partition coefficient (Wildman–Crippen LogP) is 4.05.